The minimum atomic E-state index is -0.236. The van der Waals surface area contributed by atoms with Gasteiger partial charge in [0.05, 0.1) is 30.5 Å². The van der Waals surface area contributed by atoms with E-state index in [9.17, 15) is 9.59 Å². The number of likely N-dealkylation sites (tertiary alicyclic amines) is 1. The minimum absolute atomic E-state index is 0.0272. The molecule has 1 spiro atoms. The lowest BCUT2D eigenvalue weighted by molar-refractivity contribution is -0.132. The Labute approximate surface area is 162 Å². The van der Waals surface area contributed by atoms with E-state index in [-0.39, 0.29) is 16.7 Å². The van der Waals surface area contributed by atoms with Crippen LogP contribution in [0.1, 0.15) is 29.0 Å². The molecule has 2 aromatic rings. The third kappa shape index (κ3) is 3.43. The van der Waals surface area contributed by atoms with Crippen molar-refractivity contribution in [2.75, 3.05) is 26.0 Å². The Balaban J connectivity index is 1.43. The van der Waals surface area contributed by atoms with Crippen molar-refractivity contribution in [2.24, 2.45) is 0 Å². The zero-order valence-electron chi connectivity index (χ0n) is 15.2. The van der Waals surface area contributed by atoms with Crippen molar-refractivity contribution in [2.45, 2.75) is 24.3 Å². The number of nitrogens with zero attached hydrogens (tertiary/aromatic N) is 2. The number of furan rings is 1. The second-order valence-corrected chi connectivity index (χ2v) is 8.15. The van der Waals surface area contributed by atoms with Gasteiger partial charge in [0.25, 0.3) is 5.91 Å². The van der Waals surface area contributed by atoms with Crippen molar-refractivity contribution < 1.29 is 18.7 Å². The first-order valence-corrected chi connectivity index (χ1v) is 10.00. The normalized spacial score (nSPS) is 18.9. The van der Waals surface area contributed by atoms with Crippen LogP contribution in [0.3, 0.4) is 0 Å². The summed E-state index contributed by atoms with van der Waals surface area (Å²) in [4.78, 5) is 28.8. The van der Waals surface area contributed by atoms with Crippen LogP contribution in [0.25, 0.3) is 0 Å². The van der Waals surface area contributed by atoms with E-state index in [1.165, 1.54) is 0 Å². The summed E-state index contributed by atoms with van der Waals surface area (Å²) in [6.45, 7) is 1.77. The third-order valence-electron chi connectivity index (χ3n) is 5.32. The van der Waals surface area contributed by atoms with Crippen LogP contribution in [0.15, 0.2) is 47.1 Å². The lowest BCUT2D eigenvalue weighted by Crippen LogP contribution is -2.52. The molecule has 2 fully saturated rings. The number of piperidine rings is 1. The van der Waals surface area contributed by atoms with Crippen molar-refractivity contribution in [3.63, 3.8) is 0 Å². The molecule has 0 aliphatic carbocycles. The molecule has 1 aromatic heterocycles. The molecule has 6 nitrogen and oxygen atoms in total. The van der Waals surface area contributed by atoms with Gasteiger partial charge in [-0.15, -0.1) is 11.8 Å². The standard InChI is InChI=1S/C20H22N2O4S/c1-25-16-6-4-15(5-7-16)19(24)21-10-8-20(9-11-21)22(18(23)14-27-20)13-17-3-2-12-26-17/h2-7,12H,8-11,13-14H2,1H3. The number of rotatable bonds is 4. The first-order valence-electron chi connectivity index (χ1n) is 9.01. The Morgan fingerprint density at radius 2 is 1.96 bits per heavy atom. The zero-order valence-corrected chi connectivity index (χ0v) is 16.0. The number of carbonyl (C=O) groups is 2. The molecule has 2 amide bonds. The van der Waals surface area contributed by atoms with Crippen LogP contribution in [0, 0.1) is 0 Å². The van der Waals surface area contributed by atoms with Crippen molar-refractivity contribution in [1.29, 1.82) is 0 Å². The van der Waals surface area contributed by atoms with Crippen LogP contribution in [-0.2, 0) is 11.3 Å². The number of benzene rings is 1. The highest BCUT2D eigenvalue weighted by Gasteiger charge is 2.48. The lowest BCUT2D eigenvalue weighted by Gasteiger charge is -2.43. The highest BCUT2D eigenvalue weighted by Crippen LogP contribution is 2.45. The predicted molar refractivity (Wildman–Crippen MR) is 103 cm³/mol. The largest absolute Gasteiger partial charge is 0.497 e. The number of hydrogen-bond donors (Lipinski definition) is 0. The molecule has 2 saturated heterocycles. The third-order valence-corrected chi connectivity index (χ3v) is 6.88. The van der Waals surface area contributed by atoms with Gasteiger partial charge in [0.1, 0.15) is 11.5 Å². The number of hydrogen-bond acceptors (Lipinski definition) is 5. The maximum Gasteiger partial charge on any atom is 0.253 e. The zero-order chi connectivity index (χ0) is 18.9. The summed E-state index contributed by atoms with van der Waals surface area (Å²) in [6, 6.07) is 10.9. The molecule has 0 radical (unpaired) electrons. The van der Waals surface area contributed by atoms with Gasteiger partial charge in [0.15, 0.2) is 0 Å². The topological polar surface area (TPSA) is 63.0 Å². The fraction of sp³-hybridized carbons (Fsp3) is 0.400. The molecule has 0 N–H and O–H groups in total. The van der Waals surface area contributed by atoms with E-state index in [0.29, 0.717) is 31.0 Å². The quantitative estimate of drug-likeness (QED) is 0.808. The van der Waals surface area contributed by atoms with Crippen LogP contribution in [0.5, 0.6) is 5.75 Å². The molecule has 7 heteroatoms. The second kappa shape index (κ2) is 7.31. The molecule has 3 heterocycles. The van der Waals surface area contributed by atoms with Crippen LogP contribution in [0.4, 0.5) is 0 Å². The molecule has 2 aliphatic heterocycles. The maximum atomic E-state index is 12.8. The molecular weight excluding hydrogens is 364 g/mol. The van der Waals surface area contributed by atoms with Gasteiger partial charge in [-0.25, -0.2) is 0 Å². The van der Waals surface area contributed by atoms with Crippen molar-refractivity contribution in [1.82, 2.24) is 9.80 Å². The van der Waals surface area contributed by atoms with Crippen LogP contribution in [-0.4, -0.2) is 52.4 Å². The fourth-order valence-electron chi connectivity index (χ4n) is 3.76. The van der Waals surface area contributed by atoms with Crippen molar-refractivity contribution in [3.8, 4) is 5.75 Å². The monoisotopic (exact) mass is 386 g/mol. The second-order valence-electron chi connectivity index (χ2n) is 6.81. The van der Waals surface area contributed by atoms with E-state index in [4.69, 9.17) is 9.15 Å². The number of ether oxygens (including phenoxy) is 1. The molecule has 2 aliphatic rings. The summed E-state index contributed by atoms with van der Waals surface area (Å²) in [5.41, 5.74) is 0.661. The highest BCUT2D eigenvalue weighted by atomic mass is 32.2. The lowest BCUT2D eigenvalue weighted by atomic mass is 10.0. The summed E-state index contributed by atoms with van der Waals surface area (Å²) in [7, 11) is 1.61. The number of thioether (sulfide) groups is 1. The fourth-order valence-corrected chi connectivity index (χ4v) is 5.10. The van der Waals surface area contributed by atoms with Gasteiger partial charge in [-0.3, -0.25) is 9.59 Å². The molecular formula is C20H22N2O4S. The SMILES string of the molecule is COc1ccc(C(=O)N2CCC3(CC2)SCC(=O)N3Cc2ccco2)cc1. The Bertz CT molecular complexity index is 811. The van der Waals surface area contributed by atoms with E-state index >= 15 is 0 Å². The molecule has 1 aromatic carbocycles. The van der Waals surface area contributed by atoms with E-state index in [2.05, 4.69) is 0 Å². The van der Waals surface area contributed by atoms with E-state index in [0.717, 1.165) is 24.4 Å². The van der Waals surface area contributed by atoms with Gasteiger partial charge >= 0.3 is 0 Å². The highest BCUT2D eigenvalue weighted by molar-refractivity contribution is 8.01. The van der Waals surface area contributed by atoms with Crippen LogP contribution < -0.4 is 4.74 Å². The Morgan fingerprint density at radius 3 is 2.59 bits per heavy atom. The molecule has 0 atom stereocenters. The Morgan fingerprint density at radius 1 is 1.22 bits per heavy atom. The summed E-state index contributed by atoms with van der Waals surface area (Å²) >= 11 is 1.70. The van der Waals surface area contributed by atoms with Gasteiger partial charge in [0.2, 0.25) is 5.91 Å². The molecule has 0 bridgehead atoms. The smallest absolute Gasteiger partial charge is 0.253 e. The van der Waals surface area contributed by atoms with Crippen molar-refractivity contribution >= 4 is 23.6 Å². The van der Waals surface area contributed by atoms with Gasteiger partial charge in [-0.2, -0.15) is 0 Å². The maximum absolute atomic E-state index is 12.8. The number of carbonyl (C=O) groups excluding carboxylic acids is 2. The van der Waals surface area contributed by atoms with Gasteiger partial charge in [-0.1, -0.05) is 0 Å². The van der Waals surface area contributed by atoms with Crippen molar-refractivity contribution in [3.05, 3.63) is 54.0 Å². The molecule has 4 rings (SSSR count). The summed E-state index contributed by atoms with van der Waals surface area (Å²) in [5, 5.41) is 0. The van der Waals surface area contributed by atoms with Crippen LogP contribution in [0.2, 0.25) is 0 Å². The Hall–Kier alpha value is -2.41. The first kappa shape index (κ1) is 18.0. The van der Waals surface area contributed by atoms with Crippen LogP contribution >= 0.6 is 11.8 Å². The van der Waals surface area contributed by atoms with E-state index < -0.39 is 0 Å². The van der Waals surface area contributed by atoms with Gasteiger partial charge < -0.3 is 19.0 Å². The molecule has 27 heavy (non-hydrogen) atoms. The minimum Gasteiger partial charge on any atom is -0.497 e. The number of amides is 2. The summed E-state index contributed by atoms with van der Waals surface area (Å²) < 4.78 is 10.6. The molecule has 0 saturated carbocycles. The average molecular weight is 386 g/mol. The summed E-state index contributed by atoms with van der Waals surface area (Å²) in [5.74, 6) is 2.19. The Kier molecular flexibility index (Phi) is 4.86. The van der Waals surface area contributed by atoms with Gasteiger partial charge in [-0.05, 0) is 49.2 Å². The summed E-state index contributed by atoms with van der Waals surface area (Å²) in [6.07, 6.45) is 3.17. The van der Waals surface area contributed by atoms with Gasteiger partial charge in [0, 0.05) is 18.7 Å². The first-order chi connectivity index (χ1) is 13.1. The van der Waals surface area contributed by atoms with E-state index in [1.807, 2.05) is 21.9 Å². The average Bonchev–Trinajstić information content (AvgIpc) is 3.33. The molecule has 142 valence electrons. The molecule has 0 unspecified atom stereocenters. The predicted octanol–water partition coefficient (Wildman–Crippen LogP) is 3.00. The number of methoxy groups -OCH3 is 1. The van der Waals surface area contributed by atoms with E-state index in [1.54, 1.807) is 49.4 Å².